The van der Waals surface area contributed by atoms with Crippen molar-refractivity contribution in [2.75, 3.05) is 13.7 Å². The van der Waals surface area contributed by atoms with Crippen molar-refractivity contribution in [3.05, 3.63) is 94.8 Å². The molecule has 1 fully saturated rings. The first-order valence-corrected chi connectivity index (χ1v) is 12.4. The van der Waals surface area contributed by atoms with E-state index in [1.165, 1.54) is 13.2 Å². The Balaban J connectivity index is 0.00000176. The van der Waals surface area contributed by atoms with Crippen LogP contribution in [0.5, 0.6) is 0 Å². The number of methoxy groups -OCH3 is 1. The van der Waals surface area contributed by atoms with Crippen LogP contribution in [0.3, 0.4) is 0 Å². The Labute approximate surface area is 213 Å². The van der Waals surface area contributed by atoms with Gasteiger partial charge in [-0.2, -0.15) is 0 Å². The number of halogens is 1. The maximum absolute atomic E-state index is 14.9. The molecule has 3 aromatic carbocycles. The number of aliphatic hydroxyl groups excluding tert-OH is 1. The van der Waals surface area contributed by atoms with Crippen LogP contribution in [0.4, 0.5) is 4.39 Å². The van der Waals surface area contributed by atoms with Crippen molar-refractivity contribution in [2.24, 2.45) is 0 Å². The van der Waals surface area contributed by atoms with E-state index < -0.39 is 23.9 Å². The predicted molar refractivity (Wildman–Crippen MR) is 142 cm³/mol. The second-order valence-corrected chi connectivity index (χ2v) is 8.56. The van der Waals surface area contributed by atoms with Crippen molar-refractivity contribution in [3.8, 4) is 23.0 Å². The van der Waals surface area contributed by atoms with Gasteiger partial charge in [0.15, 0.2) is 0 Å². The molecule has 1 heterocycles. The average Bonchev–Trinajstić information content (AvgIpc) is 2.90. The van der Waals surface area contributed by atoms with Crippen LogP contribution in [-0.4, -0.2) is 41.8 Å². The number of aliphatic hydroxyl groups is 1. The number of hydrogen-bond donors (Lipinski definition) is 1. The summed E-state index contributed by atoms with van der Waals surface area (Å²) >= 11 is 0. The normalized spacial score (nSPS) is 17.3. The van der Waals surface area contributed by atoms with E-state index in [9.17, 15) is 14.3 Å². The molecule has 0 spiro atoms. The minimum Gasteiger partial charge on any atom is -0.468 e. The molecule has 5 heteroatoms. The first-order chi connectivity index (χ1) is 17.5. The Morgan fingerprint density at radius 1 is 1.06 bits per heavy atom. The summed E-state index contributed by atoms with van der Waals surface area (Å²) in [5.41, 5.74) is 5.16. The Morgan fingerprint density at radius 3 is 2.47 bits per heavy atom. The lowest BCUT2D eigenvalue weighted by atomic mass is 9.96. The van der Waals surface area contributed by atoms with Gasteiger partial charge in [-0.3, -0.25) is 9.69 Å². The Kier molecular flexibility index (Phi) is 9.81. The number of hydrogen-bond acceptors (Lipinski definition) is 4. The van der Waals surface area contributed by atoms with Gasteiger partial charge in [-0.25, -0.2) is 4.39 Å². The zero-order chi connectivity index (χ0) is 26.1. The fourth-order valence-electron chi connectivity index (χ4n) is 4.48. The summed E-state index contributed by atoms with van der Waals surface area (Å²) in [5.74, 6) is 5.21. The van der Waals surface area contributed by atoms with E-state index in [4.69, 9.17) is 4.74 Å². The van der Waals surface area contributed by atoms with Gasteiger partial charge in [-0.05, 0) is 66.8 Å². The van der Waals surface area contributed by atoms with Crippen LogP contribution >= 0.6 is 0 Å². The molecule has 0 aromatic heterocycles. The molecular formula is C31H34FNO3. The highest BCUT2D eigenvalue weighted by atomic mass is 19.1. The predicted octanol–water partition coefficient (Wildman–Crippen LogP) is 5.73. The molecule has 1 N–H and O–H groups in total. The second kappa shape index (κ2) is 13.0. The molecule has 188 valence electrons. The maximum atomic E-state index is 14.9. The minimum atomic E-state index is -0.786. The molecule has 3 aromatic rings. The molecule has 4 nitrogen and oxygen atoms in total. The SMILES string of the molecule is CC.COC(=O)C1C(O)CCCN1Cc1ccc(C#Cc2cccc(-c3ccccc3)c2C)c(F)c1. The lowest BCUT2D eigenvalue weighted by molar-refractivity contribution is -0.154. The summed E-state index contributed by atoms with van der Waals surface area (Å²) in [6, 6.07) is 20.3. The Morgan fingerprint density at radius 2 is 1.78 bits per heavy atom. The Bertz CT molecular complexity index is 1230. The highest BCUT2D eigenvalue weighted by molar-refractivity contribution is 5.76. The summed E-state index contributed by atoms with van der Waals surface area (Å²) in [4.78, 5) is 14.0. The summed E-state index contributed by atoms with van der Waals surface area (Å²) in [6.45, 7) is 7.01. The van der Waals surface area contributed by atoms with Gasteiger partial charge < -0.3 is 9.84 Å². The Hall–Kier alpha value is -3.46. The van der Waals surface area contributed by atoms with Crippen molar-refractivity contribution in [1.29, 1.82) is 0 Å². The molecule has 0 bridgehead atoms. The zero-order valence-corrected chi connectivity index (χ0v) is 21.4. The van der Waals surface area contributed by atoms with E-state index in [0.29, 0.717) is 30.6 Å². The van der Waals surface area contributed by atoms with Crippen LogP contribution in [-0.2, 0) is 16.1 Å². The zero-order valence-electron chi connectivity index (χ0n) is 21.4. The third-order valence-corrected chi connectivity index (χ3v) is 6.32. The molecule has 0 aliphatic carbocycles. The topological polar surface area (TPSA) is 49.8 Å². The first kappa shape index (κ1) is 27.1. The van der Waals surface area contributed by atoms with Gasteiger partial charge in [-0.15, -0.1) is 0 Å². The fourth-order valence-corrected chi connectivity index (χ4v) is 4.48. The van der Waals surface area contributed by atoms with Crippen molar-refractivity contribution in [3.63, 3.8) is 0 Å². The number of ether oxygens (including phenoxy) is 1. The first-order valence-electron chi connectivity index (χ1n) is 12.4. The van der Waals surface area contributed by atoms with Gasteiger partial charge in [0.05, 0.1) is 18.8 Å². The van der Waals surface area contributed by atoms with Gasteiger partial charge >= 0.3 is 5.97 Å². The number of benzene rings is 3. The van der Waals surface area contributed by atoms with Crippen molar-refractivity contribution in [1.82, 2.24) is 4.90 Å². The highest BCUT2D eigenvalue weighted by Gasteiger charge is 2.36. The van der Waals surface area contributed by atoms with E-state index in [1.807, 2.05) is 62.1 Å². The minimum absolute atomic E-state index is 0.316. The lowest BCUT2D eigenvalue weighted by Gasteiger charge is -2.37. The van der Waals surface area contributed by atoms with Gasteiger partial charge in [0, 0.05) is 12.1 Å². The number of nitrogens with zero attached hydrogens (tertiary/aromatic N) is 1. The van der Waals surface area contributed by atoms with E-state index in [2.05, 4.69) is 30.0 Å². The van der Waals surface area contributed by atoms with Gasteiger partial charge in [-0.1, -0.05) is 74.2 Å². The molecule has 1 aliphatic rings. The third kappa shape index (κ3) is 6.40. The molecule has 36 heavy (non-hydrogen) atoms. The molecule has 0 saturated carbocycles. The smallest absolute Gasteiger partial charge is 0.325 e. The average molecular weight is 488 g/mol. The van der Waals surface area contributed by atoms with Crippen LogP contribution in [0.2, 0.25) is 0 Å². The number of carbonyl (C=O) groups excluding carboxylic acids is 1. The molecule has 4 rings (SSSR count). The molecule has 2 unspecified atom stereocenters. The maximum Gasteiger partial charge on any atom is 0.325 e. The van der Waals surface area contributed by atoms with Crippen LogP contribution in [0.15, 0.2) is 66.7 Å². The summed E-state index contributed by atoms with van der Waals surface area (Å²) in [6.07, 6.45) is 0.526. The third-order valence-electron chi connectivity index (χ3n) is 6.32. The quantitative estimate of drug-likeness (QED) is 0.377. The summed E-state index contributed by atoms with van der Waals surface area (Å²) < 4.78 is 19.7. The number of likely N-dealkylation sites (tertiary alicyclic amines) is 1. The number of carbonyl (C=O) groups is 1. The summed E-state index contributed by atoms with van der Waals surface area (Å²) in [5, 5.41) is 10.3. The highest BCUT2D eigenvalue weighted by Crippen LogP contribution is 2.25. The molecule has 1 saturated heterocycles. The van der Waals surface area contributed by atoms with Crippen LogP contribution < -0.4 is 0 Å². The summed E-state index contributed by atoms with van der Waals surface area (Å²) in [7, 11) is 1.31. The second-order valence-electron chi connectivity index (χ2n) is 8.56. The van der Waals surface area contributed by atoms with E-state index in [-0.39, 0.29) is 0 Å². The van der Waals surface area contributed by atoms with Crippen molar-refractivity contribution in [2.45, 2.75) is 52.3 Å². The van der Waals surface area contributed by atoms with E-state index in [0.717, 1.165) is 28.7 Å². The number of rotatable bonds is 4. The van der Waals surface area contributed by atoms with Gasteiger partial charge in [0.25, 0.3) is 0 Å². The molecule has 2 atom stereocenters. The monoisotopic (exact) mass is 487 g/mol. The largest absolute Gasteiger partial charge is 0.468 e. The number of piperidine rings is 1. The number of esters is 1. The van der Waals surface area contributed by atoms with Crippen molar-refractivity contribution >= 4 is 5.97 Å². The molecular weight excluding hydrogens is 453 g/mol. The van der Waals surface area contributed by atoms with Crippen LogP contribution in [0.25, 0.3) is 11.1 Å². The van der Waals surface area contributed by atoms with E-state index in [1.54, 1.807) is 6.07 Å². The van der Waals surface area contributed by atoms with Crippen molar-refractivity contribution < 1.29 is 19.0 Å². The standard InChI is InChI=1S/C29H28FNO3.C2H6/c1-20-22(10-6-11-25(20)23-8-4-3-5-9-23)15-16-24-14-13-21(18-26(24)30)19-31-17-7-12-27(32)28(31)29(33)34-2;1-2/h3-6,8-11,13-14,18,27-28,32H,7,12,17,19H2,1-2H3;1-2H3. The molecule has 1 aliphatic heterocycles. The van der Waals surface area contributed by atoms with E-state index >= 15 is 0 Å². The lowest BCUT2D eigenvalue weighted by Crippen LogP contribution is -2.52. The molecule has 0 radical (unpaired) electrons. The fraction of sp³-hybridized carbons (Fsp3) is 0.323. The van der Waals surface area contributed by atoms with Crippen LogP contribution in [0.1, 0.15) is 48.9 Å². The van der Waals surface area contributed by atoms with Gasteiger partial charge in [0.2, 0.25) is 0 Å². The molecule has 0 amide bonds. The van der Waals surface area contributed by atoms with Gasteiger partial charge in [0.1, 0.15) is 11.9 Å². The van der Waals surface area contributed by atoms with Crippen LogP contribution in [0, 0.1) is 24.6 Å².